The second kappa shape index (κ2) is 4.57. The molecule has 1 amide bonds. The number of amides is 1. The minimum Gasteiger partial charge on any atom is -0.497 e. The van der Waals surface area contributed by atoms with Gasteiger partial charge in [0.25, 0.3) is 5.91 Å². The van der Waals surface area contributed by atoms with Crippen LogP contribution in [0.5, 0.6) is 5.75 Å². The summed E-state index contributed by atoms with van der Waals surface area (Å²) in [5.41, 5.74) is 1.67. The summed E-state index contributed by atoms with van der Waals surface area (Å²) < 4.78 is 5.13. The summed E-state index contributed by atoms with van der Waals surface area (Å²) in [6.07, 6.45) is 0.769. The molecule has 0 bridgehead atoms. The van der Waals surface area contributed by atoms with Crippen LogP contribution in [0, 0.1) is 0 Å². The SMILES string of the molecule is COc1ccc2c(c1)CCN(CC(C)=O)C2=O. The molecule has 4 heteroatoms. The van der Waals surface area contributed by atoms with E-state index < -0.39 is 0 Å². The monoisotopic (exact) mass is 233 g/mol. The molecular formula is C13H15NO3. The molecule has 0 aromatic heterocycles. The molecular weight excluding hydrogens is 218 g/mol. The van der Waals surface area contributed by atoms with Gasteiger partial charge in [-0.25, -0.2) is 0 Å². The van der Waals surface area contributed by atoms with E-state index in [2.05, 4.69) is 0 Å². The van der Waals surface area contributed by atoms with Gasteiger partial charge in [-0.2, -0.15) is 0 Å². The molecule has 2 rings (SSSR count). The molecule has 0 N–H and O–H groups in total. The van der Waals surface area contributed by atoms with E-state index in [0.29, 0.717) is 12.1 Å². The van der Waals surface area contributed by atoms with Gasteiger partial charge >= 0.3 is 0 Å². The van der Waals surface area contributed by atoms with Crippen LogP contribution < -0.4 is 4.74 Å². The fraction of sp³-hybridized carbons (Fsp3) is 0.385. The van der Waals surface area contributed by atoms with E-state index in [1.54, 1.807) is 24.1 Å². The summed E-state index contributed by atoms with van der Waals surface area (Å²) in [4.78, 5) is 24.7. The highest BCUT2D eigenvalue weighted by Gasteiger charge is 2.25. The highest BCUT2D eigenvalue weighted by Crippen LogP contribution is 2.23. The van der Waals surface area contributed by atoms with Crippen molar-refractivity contribution in [3.05, 3.63) is 29.3 Å². The first kappa shape index (κ1) is 11.6. The predicted octanol–water partition coefficient (Wildman–Crippen LogP) is 1.28. The molecule has 17 heavy (non-hydrogen) atoms. The molecule has 0 atom stereocenters. The predicted molar refractivity (Wildman–Crippen MR) is 63.3 cm³/mol. The molecule has 4 nitrogen and oxygen atoms in total. The number of rotatable bonds is 3. The van der Waals surface area contributed by atoms with Crippen LogP contribution in [0.1, 0.15) is 22.8 Å². The van der Waals surface area contributed by atoms with Crippen molar-refractivity contribution < 1.29 is 14.3 Å². The first-order valence-corrected chi connectivity index (χ1v) is 5.57. The second-order valence-corrected chi connectivity index (χ2v) is 4.20. The summed E-state index contributed by atoms with van der Waals surface area (Å²) in [5, 5.41) is 0. The normalized spacial score (nSPS) is 14.5. The lowest BCUT2D eigenvalue weighted by atomic mass is 9.98. The molecule has 0 saturated carbocycles. The number of Topliss-reactive ketones (excluding diaryl/α,β-unsaturated/α-hetero) is 1. The third-order valence-electron chi connectivity index (χ3n) is 2.89. The van der Waals surface area contributed by atoms with Crippen LogP contribution in [-0.4, -0.2) is 36.8 Å². The van der Waals surface area contributed by atoms with Crippen molar-refractivity contribution in [3.8, 4) is 5.75 Å². The van der Waals surface area contributed by atoms with E-state index in [4.69, 9.17) is 4.74 Å². The smallest absolute Gasteiger partial charge is 0.254 e. The maximum absolute atomic E-state index is 12.1. The van der Waals surface area contributed by atoms with Crippen molar-refractivity contribution in [2.24, 2.45) is 0 Å². The summed E-state index contributed by atoms with van der Waals surface area (Å²) >= 11 is 0. The Labute approximate surface area is 100 Å². The highest BCUT2D eigenvalue weighted by atomic mass is 16.5. The molecule has 0 aliphatic carbocycles. The van der Waals surface area contributed by atoms with Gasteiger partial charge in [-0.1, -0.05) is 0 Å². The Morgan fingerprint density at radius 3 is 2.88 bits per heavy atom. The zero-order chi connectivity index (χ0) is 12.4. The Balaban J connectivity index is 2.27. The van der Waals surface area contributed by atoms with Crippen LogP contribution in [0.15, 0.2) is 18.2 Å². The average molecular weight is 233 g/mol. The molecule has 0 spiro atoms. The van der Waals surface area contributed by atoms with Crippen molar-refractivity contribution in [1.29, 1.82) is 0 Å². The lowest BCUT2D eigenvalue weighted by Gasteiger charge is -2.27. The number of ketones is 1. The maximum Gasteiger partial charge on any atom is 0.254 e. The third-order valence-corrected chi connectivity index (χ3v) is 2.89. The lowest BCUT2D eigenvalue weighted by Crippen LogP contribution is -2.40. The summed E-state index contributed by atoms with van der Waals surface area (Å²) in [6, 6.07) is 5.43. The van der Waals surface area contributed by atoms with Crippen molar-refractivity contribution >= 4 is 11.7 Å². The van der Waals surface area contributed by atoms with Crippen molar-refractivity contribution in [3.63, 3.8) is 0 Å². The highest BCUT2D eigenvalue weighted by molar-refractivity contribution is 5.98. The number of hydrogen-bond donors (Lipinski definition) is 0. The van der Waals surface area contributed by atoms with Crippen LogP contribution >= 0.6 is 0 Å². The Bertz CT molecular complexity index is 468. The quantitative estimate of drug-likeness (QED) is 0.790. The van der Waals surface area contributed by atoms with E-state index in [1.807, 2.05) is 6.07 Å². The standard InChI is InChI=1S/C13H15NO3/c1-9(15)8-14-6-5-10-7-11(17-2)3-4-12(10)13(14)16/h3-4,7H,5-6,8H2,1-2H3. The molecule has 0 saturated heterocycles. The number of methoxy groups -OCH3 is 1. The average Bonchev–Trinajstić information content (AvgIpc) is 2.32. The Hall–Kier alpha value is -1.84. The van der Waals surface area contributed by atoms with Crippen LogP contribution in [0.25, 0.3) is 0 Å². The molecule has 1 aliphatic rings. The van der Waals surface area contributed by atoms with Gasteiger partial charge in [-0.3, -0.25) is 9.59 Å². The fourth-order valence-electron chi connectivity index (χ4n) is 2.06. The minimum atomic E-state index is -0.0656. The molecule has 0 radical (unpaired) electrons. The third kappa shape index (κ3) is 2.30. The van der Waals surface area contributed by atoms with Crippen LogP contribution in [0.3, 0.4) is 0 Å². The topological polar surface area (TPSA) is 46.6 Å². The number of ether oxygens (including phenoxy) is 1. The van der Waals surface area contributed by atoms with Crippen molar-refractivity contribution in [1.82, 2.24) is 4.90 Å². The van der Waals surface area contributed by atoms with Crippen LogP contribution in [0.2, 0.25) is 0 Å². The van der Waals surface area contributed by atoms with Crippen molar-refractivity contribution in [2.75, 3.05) is 20.2 Å². The molecule has 0 fully saturated rings. The maximum atomic E-state index is 12.1. The van der Waals surface area contributed by atoms with Gasteiger partial charge in [0.05, 0.1) is 13.7 Å². The first-order valence-electron chi connectivity index (χ1n) is 5.57. The Morgan fingerprint density at radius 2 is 2.24 bits per heavy atom. The van der Waals surface area contributed by atoms with E-state index in [1.165, 1.54) is 6.92 Å². The second-order valence-electron chi connectivity index (χ2n) is 4.20. The van der Waals surface area contributed by atoms with Crippen LogP contribution in [-0.2, 0) is 11.2 Å². The van der Waals surface area contributed by atoms with Gasteiger partial charge in [0, 0.05) is 12.1 Å². The number of carbonyl (C=O) groups excluding carboxylic acids is 2. The molecule has 1 aromatic carbocycles. The molecule has 90 valence electrons. The largest absolute Gasteiger partial charge is 0.497 e. The molecule has 1 aromatic rings. The number of carbonyl (C=O) groups is 2. The van der Waals surface area contributed by atoms with Gasteiger partial charge in [0.1, 0.15) is 11.5 Å². The van der Waals surface area contributed by atoms with Gasteiger partial charge in [0.2, 0.25) is 0 Å². The molecule has 1 aliphatic heterocycles. The number of benzene rings is 1. The fourth-order valence-corrected chi connectivity index (χ4v) is 2.06. The Morgan fingerprint density at radius 1 is 1.47 bits per heavy atom. The summed E-state index contributed by atoms with van der Waals surface area (Å²) in [7, 11) is 1.61. The summed E-state index contributed by atoms with van der Waals surface area (Å²) in [5.74, 6) is 0.705. The number of nitrogens with zero attached hydrogens (tertiary/aromatic N) is 1. The number of hydrogen-bond acceptors (Lipinski definition) is 3. The molecule has 0 unspecified atom stereocenters. The Kier molecular flexibility index (Phi) is 3.13. The van der Waals surface area contributed by atoms with Crippen LogP contribution in [0.4, 0.5) is 0 Å². The van der Waals surface area contributed by atoms with Gasteiger partial charge < -0.3 is 9.64 Å². The zero-order valence-corrected chi connectivity index (χ0v) is 10.0. The minimum absolute atomic E-state index is 0.00955. The van der Waals surface area contributed by atoms with Gasteiger partial charge in [-0.05, 0) is 37.1 Å². The van der Waals surface area contributed by atoms with E-state index in [0.717, 1.165) is 17.7 Å². The van der Waals surface area contributed by atoms with E-state index in [9.17, 15) is 9.59 Å². The lowest BCUT2D eigenvalue weighted by molar-refractivity contribution is -0.117. The van der Waals surface area contributed by atoms with E-state index >= 15 is 0 Å². The molecule has 1 heterocycles. The van der Waals surface area contributed by atoms with E-state index in [-0.39, 0.29) is 18.2 Å². The first-order chi connectivity index (χ1) is 8.11. The van der Waals surface area contributed by atoms with Gasteiger partial charge in [-0.15, -0.1) is 0 Å². The summed E-state index contributed by atoms with van der Waals surface area (Å²) in [6.45, 7) is 2.29. The van der Waals surface area contributed by atoms with Gasteiger partial charge in [0.15, 0.2) is 0 Å². The number of fused-ring (bicyclic) bond motifs is 1. The zero-order valence-electron chi connectivity index (χ0n) is 10.0. The van der Waals surface area contributed by atoms with Crippen molar-refractivity contribution in [2.45, 2.75) is 13.3 Å².